The number of carbonyl (C=O) groups excluding carboxylic acids is 1. The van der Waals surface area contributed by atoms with E-state index in [0.29, 0.717) is 13.1 Å². The van der Waals surface area contributed by atoms with Gasteiger partial charge in [0, 0.05) is 36.9 Å². The molecule has 2 atom stereocenters. The summed E-state index contributed by atoms with van der Waals surface area (Å²) in [4.78, 5) is 14.7. The molecular weight excluding hydrogens is 307 g/mol. The van der Waals surface area contributed by atoms with E-state index in [-0.39, 0.29) is 23.0 Å². The highest BCUT2D eigenvalue weighted by atomic mass is 32.2. The highest BCUT2D eigenvalue weighted by molar-refractivity contribution is 8.07. The van der Waals surface area contributed by atoms with Crippen molar-refractivity contribution in [2.24, 2.45) is 0 Å². The number of nitrogens with zero attached hydrogens (tertiary/aromatic N) is 1. The maximum Gasteiger partial charge on any atom is 0.237 e. The molecule has 0 bridgehead atoms. The van der Waals surface area contributed by atoms with Crippen LogP contribution in [0.4, 0.5) is 4.39 Å². The third kappa shape index (κ3) is 3.55. The molecule has 1 aromatic carbocycles. The van der Waals surface area contributed by atoms with E-state index in [9.17, 15) is 9.18 Å². The smallest absolute Gasteiger partial charge is 0.237 e. The Kier molecular flexibility index (Phi) is 5.08. The first-order valence-corrected chi connectivity index (χ1v) is 9.42. The average molecular weight is 326 g/mol. The first-order chi connectivity index (χ1) is 10.3. The minimum absolute atomic E-state index is 0.0536. The molecule has 0 radical (unpaired) electrons. The van der Waals surface area contributed by atoms with Crippen LogP contribution in [0.1, 0.15) is 11.6 Å². The second kappa shape index (κ2) is 7.03. The molecule has 0 aliphatic carbocycles. The fraction of sp³-hybridized carbons (Fsp3) is 0.533. The topological polar surface area (TPSA) is 32.3 Å². The zero-order valence-corrected chi connectivity index (χ0v) is 13.4. The SMILES string of the molecule is O=C(C1CSCCS1)N1CCNCC1c1cccc(F)c1. The molecule has 2 aliphatic heterocycles. The average Bonchev–Trinajstić information content (AvgIpc) is 2.55. The molecule has 0 saturated carbocycles. The highest BCUT2D eigenvalue weighted by Crippen LogP contribution is 2.30. The van der Waals surface area contributed by atoms with Crippen LogP contribution in [0.5, 0.6) is 0 Å². The molecule has 21 heavy (non-hydrogen) atoms. The fourth-order valence-corrected chi connectivity index (χ4v) is 5.41. The number of nitrogens with one attached hydrogen (secondary N) is 1. The van der Waals surface area contributed by atoms with E-state index in [1.165, 1.54) is 6.07 Å². The number of halogens is 1. The summed E-state index contributed by atoms with van der Waals surface area (Å²) < 4.78 is 13.5. The number of thioether (sulfide) groups is 2. The second-order valence-corrected chi connectivity index (χ2v) is 7.70. The lowest BCUT2D eigenvalue weighted by Gasteiger charge is -2.39. The lowest BCUT2D eigenvalue weighted by atomic mass is 10.0. The first-order valence-electron chi connectivity index (χ1n) is 7.22. The van der Waals surface area contributed by atoms with Gasteiger partial charge in [-0.05, 0) is 17.7 Å². The molecule has 6 heteroatoms. The maximum absolute atomic E-state index is 13.5. The molecule has 0 spiro atoms. The van der Waals surface area contributed by atoms with Crippen molar-refractivity contribution in [3.63, 3.8) is 0 Å². The lowest BCUT2D eigenvalue weighted by molar-refractivity contribution is -0.133. The Bertz CT molecular complexity index is 508. The van der Waals surface area contributed by atoms with E-state index in [1.54, 1.807) is 23.9 Å². The fourth-order valence-electron chi connectivity index (χ4n) is 2.80. The minimum atomic E-state index is -0.243. The van der Waals surface area contributed by atoms with E-state index in [1.807, 2.05) is 22.7 Å². The number of hydrogen-bond acceptors (Lipinski definition) is 4. The molecule has 2 fully saturated rings. The van der Waals surface area contributed by atoms with Gasteiger partial charge in [-0.15, -0.1) is 11.8 Å². The quantitative estimate of drug-likeness (QED) is 0.903. The Morgan fingerprint density at radius 1 is 1.38 bits per heavy atom. The van der Waals surface area contributed by atoms with Gasteiger partial charge in [0.1, 0.15) is 5.82 Å². The van der Waals surface area contributed by atoms with Crippen molar-refractivity contribution < 1.29 is 9.18 Å². The highest BCUT2D eigenvalue weighted by Gasteiger charge is 2.33. The molecule has 2 heterocycles. The summed E-state index contributed by atoms with van der Waals surface area (Å²) in [5, 5.41) is 3.37. The number of rotatable bonds is 2. The maximum atomic E-state index is 13.5. The van der Waals surface area contributed by atoms with Gasteiger partial charge in [0.2, 0.25) is 5.91 Å². The van der Waals surface area contributed by atoms with Gasteiger partial charge in [0.25, 0.3) is 0 Å². The second-order valence-electron chi connectivity index (χ2n) is 5.24. The summed E-state index contributed by atoms with van der Waals surface area (Å²) in [6.07, 6.45) is 0. The van der Waals surface area contributed by atoms with Gasteiger partial charge in [-0.2, -0.15) is 11.8 Å². The number of carbonyl (C=O) groups is 1. The molecule has 0 aromatic heterocycles. The Morgan fingerprint density at radius 2 is 2.29 bits per heavy atom. The molecule has 1 aromatic rings. The van der Waals surface area contributed by atoms with Crippen LogP contribution in [0.3, 0.4) is 0 Å². The lowest BCUT2D eigenvalue weighted by Crippen LogP contribution is -2.51. The van der Waals surface area contributed by atoms with E-state index in [2.05, 4.69) is 5.32 Å². The largest absolute Gasteiger partial charge is 0.332 e. The van der Waals surface area contributed by atoms with Crippen LogP contribution in [0, 0.1) is 5.82 Å². The van der Waals surface area contributed by atoms with Gasteiger partial charge in [0.15, 0.2) is 0 Å². The van der Waals surface area contributed by atoms with Crippen molar-refractivity contribution in [1.29, 1.82) is 0 Å². The van der Waals surface area contributed by atoms with Crippen LogP contribution in [-0.4, -0.2) is 52.9 Å². The van der Waals surface area contributed by atoms with Crippen LogP contribution < -0.4 is 5.32 Å². The van der Waals surface area contributed by atoms with Gasteiger partial charge < -0.3 is 10.2 Å². The van der Waals surface area contributed by atoms with Gasteiger partial charge >= 0.3 is 0 Å². The third-order valence-corrected chi connectivity index (χ3v) is 6.59. The monoisotopic (exact) mass is 326 g/mol. The van der Waals surface area contributed by atoms with Crippen molar-refractivity contribution in [3.05, 3.63) is 35.6 Å². The number of benzene rings is 1. The van der Waals surface area contributed by atoms with Crippen LogP contribution in [-0.2, 0) is 4.79 Å². The minimum Gasteiger partial charge on any atom is -0.332 e. The van der Waals surface area contributed by atoms with E-state index < -0.39 is 0 Å². The molecule has 3 rings (SSSR count). The number of amides is 1. The number of piperazine rings is 1. The molecule has 3 nitrogen and oxygen atoms in total. The van der Waals surface area contributed by atoms with Crippen LogP contribution >= 0.6 is 23.5 Å². The Morgan fingerprint density at radius 3 is 3.05 bits per heavy atom. The molecule has 1 N–H and O–H groups in total. The van der Waals surface area contributed by atoms with Crippen molar-refractivity contribution in [1.82, 2.24) is 10.2 Å². The zero-order chi connectivity index (χ0) is 14.7. The zero-order valence-electron chi connectivity index (χ0n) is 11.8. The third-order valence-electron chi connectivity index (χ3n) is 3.85. The van der Waals surface area contributed by atoms with E-state index >= 15 is 0 Å². The normalized spacial score (nSPS) is 26.6. The van der Waals surface area contributed by atoms with Crippen molar-refractivity contribution in [2.45, 2.75) is 11.3 Å². The van der Waals surface area contributed by atoms with Crippen molar-refractivity contribution in [2.75, 3.05) is 36.9 Å². The number of hydrogen-bond donors (Lipinski definition) is 1. The van der Waals surface area contributed by atoms with Crippen molar-refractivity contribution in [3.8, 4) is 0 Å². The molecule has 2 aliphatic rings. The van der Waals surface area contributed by atoms with E-state index in [0.717, 1.165) is 29.4 Å². The van der Waals surface area contributed by atoms with Gasteiger partial charge in [-0.1, -0.05) is 12.1 Å². The summed E-state index contributed by atoms with van der Waals surface area (Å²) in [6, 6.07) is 6.55. The Hall–Kier alpha value is -0.720. The summed E-state index contributed by atoms with van der Waals surface area (Å²) in [6.45, 7) is 2.20. The molecule has 2 saturated heterocycles. The summed E-state index contributed by atoms with van der Waals surface area (Å²) in [7, 11) is 0. The standard InChI is InChI=1S/C15H19FN2OS2/c16-12-3-1-2-11(8-12)13-9-17-4-5-18(13)15(19)14-10-20-6-7-21-14/h1-3,8,13-14,17H,4-7,9-10H2. The molecular formula is C15H19FN2OS2. The van der Waals surface area contributed by atoms with Gasteiger partial charge in [-0.25, -0.2) is 4.39 Å². The summed E-state index contributed by atoms with van der Waals surface area (Å²) >= 11 is 3.61. The summed E-state index contributed by atoms with van der Waals surface area (Å²) in [5.41, 5.74) is 0.879. The van der Waals surface area contributed by atoms with Crippen LogP contribution in [0.15, 0.2) is 24.3 Å². The van der Waals surface area contributed by atoms with Crippen LogP contribution in [0.25, 0.3) is 0 Å². The van der Waals surface area contributed by atoms with Crippen LogP contribution in [0.2, 0.25) is 0 Å². The molecule has 2 unspecified atom stereocenters. The summed E-state index contributed by atoms with van der Waals surface area (Å²) in [5.74, 6) is 3.03. The molecule has 1 amide bonds. The first kappa shape index (κ1) is 15.2. The van der Waals surface area contributed by atoms with Gasteiger partial charge in [0.05, 0.1) is 11.3 Å². The van der Waals surface area contributed by atoms with Crippen molar-refractivity contribution >= 4 is 29.4 Å². The van der Waals surface area contributed by atoms with E-state index in [4.69, 9.17) is 0 Å². The predicted octanol–water partition coefficient (Wildman–Crippen LogP) is 2.15. The van der Waals surface area contributed by atoms with Gasteiger partial charge in [-0.3, -0.25) is 4.79 Å². The predicted molar refractivity (Wildman–Crippen MR) is 87.3 cm³/mol. The Labute approximate surface area is 133 Å². The molecule has 114 valence electrons. The Balaban J connectivity index is 1.79.